The van der Waals surface area contributed by atoms with Crippen LogP contribution in [-0.2, 0) is 0 Å². The largest absolute Gasteiger partial charge is 0.362 e. The van der Waals surface area contributed by atoms with Crippen LogP contribution in [0.25, 0.3) is 54.8 Å². The molecule has 0 atom stereocenters. The van der Waals surface area contributed by atoms with Gasteiger partial charge in [0.2, 0.25) is 11.3 Å². The molecule has 8 aromatic heterocycles. The fourth-order valence-corrected chi connectivity index (χ4v) is 5.54. The van der Waals surface area contributed by atoms with Crippen LogP contribution in [0.5, 0.6) is 0 Å². The number of pyridine rings is 5. The molecule has 0 aliphatic rings. The van der Waals surface area contributed by atoms with Gasteiger partial charge in [0.1, 0.15) is 26.8 Å². The molecule has 0 spiro atoms. The average Bonchev–Trinajstić information content (AvgIpc) is 3.81. The van der Waals surface area contributed by atoms with Gasteiger partial charge in [-0.05, 0) is 76.6 Å². The van der Waals surface area contributed by atoms with E-state index in [9.17, 15) is 17.6 Å². The van der Waals surface area contributed by atoms with Crippen molar-refractivity contribution >= 4 is 50.5 Å². The second-order valence-corrected chi connectivity index (χ2v) is 11.9. The number of hydrogen-bond acceptors (Lipinski definition) is 7. The number of hydrogen-bond donors (Lipinski definition) is 0. The lowest BCUT2D eigenvalue weighted by Crippen LogP contribution is -1.98. The monoisotopic (exact) mass is 809 g/mol. The first-order chi connectivity index (χ1) is 26.2. The quantitative estimate of drug-likeness (QED) is 0.0967. The van der Waals surface area contributed by atoms with E-state index in [2.05, 4.69) is 60.6 Å². The van der Waals surface area contributed by atoms with Crippen LogP contribution in [0.1, 0.15) is 24.2 Å². The molecular weight excluding hydrogens is 790 g/mol. The molecule has 266 valence electrons. The summed E-state index contributed by atoms with van der Waals surface area (Å²) in [6.45, 7) is 14.3. The van der Waals surface area contributed by atoms with Crippen molar-refractivity contribution in [3.05, 3.63) is 160 Å². The summed E-state index contributed by atoms with van der Waals surface area (Å²) in [5.74, 6) is 0.761. The first-order valence-corrected chi connectivity index (χ1v) is 16.6. The van der Waals surface area contributed by atoms with Crippen LogP contribution in [0.3, 0.4) is 0 Å². The van der Waals surface area contributed by atoms with Crippen molar-refractivity contribution < 1.29 is 17.6 Å². The SMILES string of the molecule is FC(F)c1cccc(Br)n1.[C-]#[N+]c1cnc2ccc(-c3cccnc3-c3cccc(C(F)F)n3)nn12.[C-]#[N+]c1cnc2ccc(-c3cccnc3Cl)cn12. The Kier molecular flexibility index (Phi) is 11.6. The van der Waals surface area contributed by atoms with E-state index in [-0.39, 0.29) is 17.2 Å². The Morgan fingerprint density at radius 2 is 1.30 bits per heavy atom. The van der Waals surface area contributed by atoms with Crippen LogP contribution in [0.4, 0.5) is 29.2 Å². The maximum Gasteiger partial charge on any atom is 0.280 e. The standard InChI is InChI=1S/C18H10F2N6.C13H7ClN4.C6H4BrF2N/c1-21-16-10-23-15-8-7-12(25-26(15)16)11-4-3-9-22-17(11)13-5-2-6-14(24-13)18(19)20;1-15-12-7-17-11-5-4-9(8-18(11)12)10-3-2-6-16-13(10)14;7-5-3-1-2-4(10-5)6(8)9/h2-10,18H;2-8H;1-3,6H. The summed E-state index contributed by atoms with van der Waals surface area (Å²) in [5, 5.41) is 4.89. The van der Waals surface area contributed by atoms with Crippen molar-refractivity contribution in [3.8, 4) is 33.8 Å². The third-order valence-electron chi connectivity index (χ3n) is 7.41. The topological polar surface area (TPSA) is 108 Å². The second kappa shape index (κ2) is 16.8. The summed E-state index contributed by atoms with van der Waals surface area (Å²) in [5.41, 5.74) is 4.44. The fourth-order valence-electron chi connectivity index (χ4n) is 4.96. The van der Waals surface area contributed by atoms with Crippen molar-refractivity contribution in [1.82, 2.24) is 43.9 Å². The lowest BCUT2D eigenvalue weighted by Gasteiger charge is -2.08. The zero-order valence-electron chi connectivity index (χ0n) is 27.3. The van der Waals surface area contributed by atoms with Gasteiger partial charge >= 0.3 is 0 Å². The molecule has 0 saturated heterocycles. The minimum absolute atomic E-state index is 0.200. The molecule has 0 bridgehead atoms. The van der Waals surface area contributed by atoms with Crippen molar-refractivity contribution in [2.75, 3.05) is 0 Å². The molecule has 0 aromatic carbocycles. The minimum atomic E-state index is -2.66. The molecule has 0 N–H and O–H groups in total. The molecule has 0 unspecified atom stereocenters. The van der Waals surface area contributed by atoms with E-state index in [1.54, 1.807) is 59.4 Å². The Hall–Kier alpha value is -6.62. The molecule has 8 heterocycles. The van der Waals surface area contributed by atoms with Crippen molar-refractivity contribution in [2.45, 2.75) is 12.9 Å². The lowest BCUT2D eigenvalue weighted by atomic mass is 10.1. The summed E-state index contributed by atoms with van der Waals surface area (Å²) in [4.78, 5) is 31.0. The van der Waals surface area contributed by atoms with Gasteiger partial charge in [-0.25, -0.2) is 46.9 Å². The van der Waals surface area contributed by atoms with Gasteiger partial charge in [0.05, 0.1) is 30.0 Å². The molecule has 0 aliphatic carbocycles. The van der Waals surface area contributed by atoms with Crippen LogP contribution in [0.2, 0.25) is 5.15 Å². The minimum Gasteiger partial charge on any atom is -0.362 e. The number of aromatic nitrogens is 9. The highest BCUT2D eigenvalue weighted by Gasteiger charge is 2.17. The molecule has 0 amide bonds. The van der Waals surface area contributed by atoms with Gasteiger partial charge in [0.25, 0.3) is 24.5 Å². The van der Waals surface area contributed by atoms with Crippen LogP contribution in [-0.4, -0.2) is 43.9 Å². The zero-order chi connectivity index (χ0) is 38.2. The molecule has 8 rings (SSSR count). The van der Waals surface area contributed by atoms with Crippen LogP contribution >= 0.6 is 27.5 Å². The molecule has 0 saturated carbocycles. The second-order valence-electron chi connectivity index (χ2n) is 10.8. The number of nitrogens with zero attached hydrogens (tertiary/aromatic N) is 11. The van der Waals surface area contributed by atoms with E-state index < -0.39 is 12.9 Å². The van der Waals surface area contributed by atoms with Gasteiger partial charge in [-0.15, -0.1) is 4.52 Å². The molecule has 8 aromatic rings. The average molecular weight is 811 g/mol. The summed E-state index contributed by atoms with van der Waals surface area (Å²) in [6.07, 6.45) is 2.90. The Morgan fingerprint density at radius 1 is 0.648 bits per heavy atom. The third-order valence-corrected chi connectivity index (χ3v) is 8.15. The summed E-state index contributed by atoms with van der Waals surface area (Å²) in [7, 11) is 0. The normalized spacial score (nSPS) is 10.7. The molecule has 0 radical (unpaired) electrons. The van der Waals surface area contributed by atoms with Crippen molar-refractivity contribution in [1.29, 1.82) is 0 Å². The van der Waals surface area contributed by atoms with Gasteiger partial charge in [-0.3, -0.25) is 4.98 Å². The molecule has 0 aliphatic heterocycles. The Labute approximate surface area is 317 Å². The highest BCUT2D eigenvalue weighted by atomic mass is 79.9. The summed E-state index contributed by atoms with van der Waals surface area (Å²) >= 11 is 9.05. The molecule has 17 heteroatoms. The van der Waals surface area contributed by atoms with E-state index in [1.807, 2.05) is 30.5 Å². The predicted octanol–water partition coefficient (Wildman–Crippen LogP) is 10.7. The maximum absolute atomic E-state index is 13.0. The van der Waals surface area contributed by atoms with E-state index >= 15 is 0 Å². The van der Waals surface area contributed by atoms with E-state index in [0.29, 0.717) is 43.9 Å². The zero-order valence-corrected chi connectivity index (χ0v) is 29.7. The third kappa shape index (κ3) is 8.36. The van der Waals surface area contributed by atoms with Gasteiger partial charge in [-0.2, -0.15) is 0 Å². The number of fused-ring (bicyclic) bond motifs is 2. The van der Waals surface area contributed by atoms with E-state index in [0.717, 1.165) is 16.8 Å². The van der Waals surface area contributed by atoms with Gasteiger partial charge in [-0.1, -0.05) is 42.0 Å². The number of halogens is 6. The first kappa shape index (κ1) is 37.1. The first-order valence-electron chi connectivity index (χ1n) is 15.5. The predicted molar refractivity (Wildman–Crippen MR) is 197 cm³/mol. The molecular formula is C37H21BrClF4N11. The number of alkyl halides is 4. The van der Waals surface area contributed by atoms with Crippen molar-refractivity contribution in [3.63, 3.8) is 0 Å². The molecule has 54 heavy (non-hydrogen) atoms. The Balaban J connectivity index is 0.000000153. The Morgan fingerprint density at radius 3 is 1.98 bits per heavy atom. The number of imidazole rings is 2. The van der Waals surface area contributed by atoms with Crippen LogP contribution < -0.4 is 0 Å². The molecule has 0 fully saturated rings. The smallest absolute Gasteiger partial charge is 0.280 e. The highest BCUT2D eigenvalue weighted by Crippen LogP contribution is 2.30. The van der Waals surface area contributed by atoms with Crippen molar-refractivity contribution in [2.24, 2.45) is 0 Å². The number of rotatable bonds is 5. The van der Waals surface area contributed by atoms with E-state index in [4.69, 9.17) is 24.7 Å². The van der Waals surface area contributed by atoms with Gasteiger partial charge in [0.15, 0.2) is 0 Å². The lowest BCUT2D eigenvalue weighted by molar-refractivity contribution is 0.145. The maximum atomic E-state index is 13.0. The Bertz CT molecular complexity index is 2670. The van der Waals surface area contributed by atoms with Gasteiger partial charge < -0.3 is 9.69 Å². The summed E-state index contributed by atoms with van der Waals surface area (Å²) in [6, 6.07) is 23.3. The molecule has 11 nitrogen and oxygen atoms in total. The van der Waals surface area contributed by atoms with Gasteiger partial charge in [0, 0.05) is 41.2 Å². The summed E-state index contributed by atoms with van der Waals surface area (Å²) < 4.78 is 53.3. The highest BCUT2D eigenvalue weighted by molar-refractivity contribution is 9.10. The van der Waals surface area contributed by atoms with Crippen LogP contribution in [0, 0.1) is 13.1 Å². The van der Waals surface area contributed by atoms with Crippen LogP contribution in [0.15, 0.2) is 121 Å². The fraction of sp³-hybridized carbons (Fsp3) is 0.0541. The van der Waals surface area contributed by atoms with E-state index in [1.165, 1.54) is 35.0 Å².